The molecular formula is C12H15NO3. The molecule has 4 nitrogen and oxygen atoms in total. The third kappa shape index (κ3) is 2.84. The van der Waals surface area contributed by atoms with Crippen molar-refractivity contribution in [3.8, 4) is 11.5 Å². The zero-order valence-electron chi connectivity index (χ0n) is 9.74. The topological polar surface area (TPSA) is 47.9 Å². The van der Waals surface area contributed by atoms with E-state index in [1.165, 1.54) is 6.08 Å². The van der Waals surface area contributed by atoms with Crippen LogP contribution in [-0.4, -0.2) is 26.8 Å². The van der Waals surface area contributed by atoms with Crippen LogP contribution >= 0.6 is 0 Å². The molecule has 0 aromatic heterocycles. The quantitative estimate of drug-likeness (QED) is 0.563. The minimum Gasteiger partial charge on any atom is -0.496 e. The molecule has 0 atom stereocenters. The van der Waals surface area contributed by atoms with Crippen LogP contribution in [0.5, 0.6) is 11.5 Å². The molecule has 0 amide bonds. The largest absolute Gasteiger partial charge is 0.496 e. The van der Waals surface area contributed by atoms with Crippen LogP contribution in [0, 0.1) is 6.92 Å². The minimum atomic E-state index is 0.388. The van der Waals surface area contributed by atoms with E-state index < -0.39 is 0 Å². The average molecular weight is 221 g/mol. The monoisotopic (exact) mass is 221 g/mol. The Kier molecular flexibility index (Phi) is 4.55. The van der Waals surface area contributed by atoms with Gasteiger partial charge in [-0.2, -0.15) is 0 Å². The summed E-state index contributed by atoms with van der Waals surface area (Å²) >= 11 is 0. The van der Waals surface area contributed by atoms with E-state index in [9.17, 15) is 4.79 Å². The van der Waals surface area contributed by atoms with Crippen LogP contribution in [0.2, 0.25) is 0 Å². The second-order valence-electron chi connectivity index (χ2n) is 3.37. The molecule has 0 radical (unpaired) electrons. The van der Waals surface area contributed by atoms with Gasteiger partial charge in [0.2, 0.25) is 6.08 Å². The summed E-state index contributed by atoms with van der Waals surface area (Å²) in [5.41, 5.74) is 1.99. The number of hydrogen-bond donors (Lipinski definition) is 0. The number of isocyanates is 1. The van der Waals surface area contributed by atoms with E-state index in [0.29, 0.717) is 13.0 Å². The Balaban J connectivity index is 3.06. The highest BCUT2D eigenvalue weighted by molar-refractivity contribution is 5.48. The number of carbonyl (C=O) groups excluding carboxylic acids is 1. The summed E-state index contributed by atoms with van der Waals surface area (Å²) in [4.78, 5) is 13.5. The minimum absolute atomic E-state index is 0.388. The Bertz CT molecular complexity index is 384. The van der Waals surface area contributed by atoms with Crippen LogP contribution in [0.15, 0.2) is 17.1 Å². The van der Waals surface area contributed by atoms with Gasteiger partial charge in [0.05, 0.1) is 20.8 Å². The van der Waals surface area contributed by atoms with E-state index in [4.69, 9.17) is 9.47 Å². The van der Waals surface area contributed by atoms with Crippen molar-refractivity contribution in [1.29, 1.82) is 0 Å². The SMILES string of the molecule is COc1cc(C)cc(OC)c1CCN=C=O. The molecule has 0 aliphatic carbocycles. The molecule has 0 saturated carbocycles. The summed E-state index contributed by atoms with van der Waals surface area (Å²) < 4.78 is 10.6. The molecular weight excluding hydrogens is 206 g/mol. The summed E-state index contributed by atoms with van der Waals surface area (Å²) in [7, 11) is 3.22. The van der Waals surface area contributed by atoms with Gasteiger partial charge in [-0.15, -0.1) is 0 Å². The Morgan fingerprint density at radius 2 is 1.81 bits per heavy atom. The molecule has 0 aliphatic heterocycles. The molecule has 0 fully saturated rings. The molecule has 1 aromatic rings. The number of aryl methyl sites for hydroxylation is 1. The lowest BCUT2D eigenvalue weighted by atomic mass is 10.1. The Morgan fingerprint density at radius 1 is 1.25 bits per heavy atom. The zero-order valence-corrected chi connectivity index (χ0v) is 9.74. The first-order chi connectivity index (χ1) is 7.72. The molecule has 0 saturated heterocycles. The summed E-state index contributed by atoms with van der Waals surface area (Å²) in [5.74, 6) is 1.52. The maximum atomic E-state index is 10.0. The molecule has 0 heterocycles. The maximum absolute atomic E-state index is 10.0. The van der Waals surface area contributed by atoms with Crippen LogP contribution in [-0.2, 0) is 11.2 Å². The van der Waals surface area contributed by atoms with Crippen molar-refractivity contribution in [2.24, 2.45) is 4.99 Å². The van der Waals surface area contributed by atoms with Gasteiger partial charge < -0.3 is 9.47 Å². The van der Waals surface area contributed by atoms with E-state index in [1.54, 1.807) is 14.2 Å². The van der Waals surface area contributed by atoms with Crippen LogP contribution in [0.4, 0.5) is 0 Å². The number of ether oxygens (including phenoxy) is 2. The standard InChI is InChI=1S/C12H15NO3/c1-9-6-11(15-2)10(4-5-13-8-14)12(7-9)16-3/h6-7H,4-5H2,1-3H3. The molecule has 0 spiro atoms. The van der Waals surface area contributed by atoms with Gasteiger partial charge in [0.15, 0.2) is 0 Å². The summed E-state index contributed by atoms with van der Waals surface area (Å²) in [6.45, 7) is 2.36. The predicted molar refractivity (Wildman–Crippen MR) is 61.0 cm³/mol. The van der Waals surface area contributed by atoms with E-state index in [1.807, 2.05) is 19.1 Å². The number of benzene rings is 1. The molecule has 0 aliphatic rings. The van der Waals surface area contributed by atoms with Crippen molar-refractivity contribution in [3.63, 3.8) is 0 Å². The van der Waals surface area contributed by atoms with Gasteiger partial charge in [-0.25, -0.2) is 9.79 Å². The van der Waals surface area contributed by atoms with Crippen molar-refractivity contribution in [1.82, 2.24) is 0 Å². The molecule has 4 heteroatoms. The molecule has 0 bridgehead atoms. The predicted octanol–water partition coefficient (Wildman–Crippen LogP) is 1.89. The maximum Gasteiger partial charge on any atom is 0.234 e. The van der Waals surface area contributed by atoms with Crippen LogP contribution < -0.4 is 9.47 Å². The van der Waals surface area contributed by atoms with Crippen LogP contribution in [0.3, 0.4) is 0 Å². The lowest BCUT2D eigenvalue weighted by Crippen LogP contribution is -1.99. The third-order valence-corrected chi connectivity index (χ3v) is 2.29. The van der Waals surface area contributed by atoms with Crippen molar-refractivity contribution in [2.45, 2.75) is 13.3 Å². The summed E-state index contributed by atoms with van der Waals surface area (Å²) in [6, 6.07) is 3.87. The second-order valence-corrected chi connectivity index (χ2v) is 3.37. The molecule has 0 N–H and O–H groups in total. The van der Waals surface area contributed by atoms with E-state index >= 15 is 0 Å². The number of nitrogens with zero attached hydrogens (tertiary/aromatic N) is 1. The van der Waals surface area contributed by atoms with Crippen molar-refractivity contribution in [2.75, 3.05) is 20.8 Å². The summed E-state index contributed by atoms with van der Waals surface area (Å²) in [6.07, 6.45) is 2.12. The van der Waals surface area contributed by atoms with Gasteiger partial charge in [-0.1, -0.05) is 0 Å². The average Bonchev–Trinajstić information content (AvgIpc) is 2.30. The molecule has 0 unspecified atom stereocenters. The first-order valence-electron chi connectivity index (χ1n) is 4.98. The van der Waals surface area contributed by atoms with Gasteiger partial charge >= 0.3 is 0 Å². The highest BCUT2D eigenvalue weighted by Gasteiger charge is 2.10. The van der Waals surface area contributed by atoms with E-state index in [2.05, 4.69) is 4.99 Å². The lowest BCUT2D eigenvalue weighted by Gasteiger charge is -2.13. The number of aliphatic imine (C=N–C) groups is 1. The fourth-order valence-electron chi connectivity index (χ4n) is 1.57. The van der Waals surface area contributed by atoms with Crippen molar-refractivity contribution in [3.05, 3.63) is 23.3 Å². The Morgan fingerprint density at radius 3 is 2.25 bits per heavy atom. The number of methoxy groups -OCH3 is 2. The van der Waals surface area contributed by atoms with Crippen LogP contribution in [0.25, 0.3) is 0 Å². The molecule has 1 rings (SSSR count). The Labute approximate surface area is 94.9 Å². The highest BCUT2D eigenvalue weighted by atomic mass is 16.5. The fourth-order valence-corrected chi connectivity index (χ4v) is 1.57. The van der Waals surface area contributed by atoms with E-state index in [0.717, 1.165) is 22.6 Å². The fraction of sp³-hybridized carbons (Fsp3) is 0.417. The molecule has 1 aromatic carbocycles. The van der Waals surface area contributed by atoms with Gasteiger partial charge in [0.25, 0.3) is 0 Å². The molecule has 86 valence electrons. The molecule has 16 heavy (non-hydrogen) atoms. The zero-order chi connectivity index (χ0) is 12.0. The normalized spacial score (nSPS) is 9.44. The second kappa shape index (κ2) is 5.93. The smallest absolute Gasteiger partial charge is 0.234 e. The highest BCUT2D eigenvalue weighted by Crippen LogP contribution is 2.30. The van der Waals surface area contributed by atoms with Crippen molar-refractivity contribution >= 4 is 6.08 Å². The first kappa shape index (κ1) is 12.3. The van der Waals surface area contributed by atoms with Crippen molar-refractivity contribution < 1.29 is 14.3 Å². The van der Waals surface area contributed by atoms with Crippen LogP contribution in [0.1, 0.15) is 11.1 Å². The number of rotatable bonds is 5. The first-order valence-corrected chi connectivity index (χ1v) is 4.98. The van der Waals surface area contributed by atoms with Gasteiger partial charge in [0.1, 0.15) is 11.5 Å². The lowest BCUT2D eigenvalue weighted by molar-refractivity contribution is 0.385. The van der Waals surface area contributed by atoms with Gasteiger partial charge in [-0.3, -0.25) is 0 Å². The summed E-state index contributed by atoms with van der Waals surface area (Å²) in [5, 5.41) is 0. The van der Waals surface area contributed by atoms with E-state index in [-0.39, 0.29) is 0 Å². The van der Waals surface area contributed by atoms with Gasteiger partial charge in [0, 0.05) is 12.0 Å². The third-order valence-electron chi connectivity index (χ3n) is 2.29. The van der Waals surface area contributed by atoms with Gasteiger partial charge in [-0.05, 0) is 24.6 Å². The number of hydrogen-bond acceptors (Lipinski definition) is 4. The Hall–Kier alpha value is -1.80.